The highest BCUT2D eigenvalue weighted by atomic mass is 16.5. The van der Waals surface area contributed by atoms with E-state index in [-0.39, 0.29) is 23.8 Å². The number of morpholine rings is 1. The summed E-state index contributed by atoms with van der Waals surface area (Å²) in [6.07, 6.45) is 7.53. The van der Waals surface area contributed by atoms with Crippen LogP contribution in [0.15, 0.2) is 36.4 Å². The van der Waals surface area contributed by atoms with Crippen molar-refractivity contribution in [3.8, 4) is 0 Å². The van der Waals surface area contributed by atoms with Crippen LogP contribution in [0.1, 0.15) is 57.9 Å². The van der Waals surface area contributed by atoms with Crippen LogP contribution in [-0.4, -0.2) is 90.7 Å². The fourth-order valence-corrected chi connectivity index (χ4v) is 7.55. The van der Waals surface area contributed by atoms with E-state index in [1.807, 2.05) is 36.4 Å². The Kier molecular flexibility index (Phi) is 7.96. The fourth-order valence-electron chi connectivity index (χ4n) is 7.55. The van der Waals surface area contributed by atoms with Crippen LogP contribution in [0, 0.1) is 17.8 Å². The van der Waals surface area contributed by atoms with Gasteiger partial charge in [0.05, 0.1) is 31.2 Å². The SMILES string of the molecule is CC(C)c1ccc(NC(=O)[C@@H]2[C@@H]3C=C[C@]4(O3)[C@@H]2C(=O)N(CCN2CCOCC2)[C@H]4C(=O)N[C@@H]2CCCC[C@H]2C)cc1. The summed E-state index contributed by atoms with van der Waals surface area (Å²) in [6, 6.07) is 7.11. The number of carbonyl (C=O) groups excluding carboxylic acids is 3. The van der Waals surface area contributed by atoms with Crippen molar-refractivity contribution in [3.63, 3.8) is 0 Å². The normalized spacial score (nSPS) is 34.7. The largest absolute Gasteiger partial charge is 0.379 e. The van der Waals surface area contributed by atoms with E-state index < -0.39 is 29.6 Å². The monoisotopic (exact) mass is 564 g/mol. The molecular formula is C32H44N4O5. The van der Waals surface area contributed by atoms with Gasteiger partial charge in [-0.3, -0.25) is 19.3 Å². The smallest absolute Gasteiger partial charge is 0.246 e. The first-order chi connectivity index (χ1) is 19.8. The third-order valence-electron chi connectivity index (χ3n) is 9.97. The molecule has 6 rings (SSSR count). The molecule has 0 unspecified atom stereocenters. The van der Waals surface area contributed by atoms with Gasteiger partial charge in [-0.15, -0.1) is 0 Å². The van der Waals surface area contributed by atoms with Crippen molar-refractivity contribution in [3.05, 3.63) is 42.0 Å². The molecule has 4 fully saturated rings. The van der Waals surface area contributed by atoms with E-state index in [0.717, 1.165) is 32.4 Å². The maximum absolute atomic E-state index is 14.2. The number of nitrogens with one attached hydrogen (secondary N) is 2. The lowest BCUT2D eigenvalue weighted by Crippen LogP contribution is -2.58. The van der Waals surface area contributed by atoms with Crippen molar-refractivity contribution in [2.45, 2.75) is 76.2 Å². The number of ether oxygens (including phenoxy) is 2. The number of likely N-dealkylation sites (tertiary alicyclic amines) is 1. The third-order valence-corrected chi connectivity index (χ3v) is 9.97. The van der Waals surface area contributed by atoms with Crippen LogP contribution < -0.4 is 10.6 Å². The molecule has 7 atom stereocenters. The van der Waals surface area contributed by atoms with Crippen LogP contribution in [-0.2, 0) is 23.9 Å². The van der Waals surface area contributed by atoms with E-state index >= 15 is 0 Å². The number of nitrogens with zero attached hydrogens (tertiary/aromatic N) is 2. The number of carbonyl (C=O) groups is 3. The van der Waals surface area contributed by atoms with Crippen LogP contribution >= 0.6 is 0 Å². The zero-order valence-corrected chi connectivity index (χ0v) is 24.5. The number of benzene rings is 1. The number of rotatable bonds is 8. The van der Waals surface area contributed by atoms with Crippen LogP contribution in [0.4, 0.5) is 5.69 Å². The minimum absolute atomic E-state index is 0.0818. The first kappa shape index (κ1) is 28.4. The summed E-state index contributed by atoms with van der Waals surface area (Å²) < 4.78 is 12.0. The third kappa shape index (κ3) is 5.21. The van der Waals surface area contributed by atoms with Gasteiger partial charge >= 0.3 is 0 Å². The van der Waals surface area contributed by atoms with E-state index in [1.54, 1.807) is 4.90 Å². The summed E-state index contributed by atoms with van der Waals surface area (Å²) >= 11 is 0. The van der Waals surface area contributed by atoms with Gasteiger partial charge in [-0.25, -0.2) is 0 Å². The molecule has 9 nitrogen and oxygen atoms in total. The second kappa shape index (κ2) is 11.5. The van der Waals surface area contributed by atoms with Gasteiger partial charge in [0.1, 0.15) is 11.6 Å². The van der Waals surface area contributed by atoms with Crippen molar-refractivity contribution in [1.29, 1.82) is 0 Å². The van der Waals surface area contributed by atoms with Crippen molar-refractivity contribution in [2.75, 3.05) is 44.7 Å². The summed E-state index contributed by atoms with van der Waals surface area (Å²) in [5.41, 5.74) is 0.740. The Hall–Kier alpha value is -2.75. The standard InChI is InChI=1S/C32H44N4O5/c1-20(2)22-8-10-23(11-9-22)33-29(37)26-25-12-13-32(41-25)27(26)31(39)36(15-14-35-16-18-40-19-17-35)28(32)30(38)34-24-7-5-4-6-21(24)3/h8-13,20-21,24-28H,4-7,14-19H2,1-3H3,(H,33,37)(H,34,38)/t21-,24-,25+,26-,27+,28+,32+/m1/s1. The van der Waals surface area contributed by atoms with E-state index in [2.05, 4.69) is 36.3 Å². The summed E-state index contributed by atoms with van der Waals surface area (Å²) in [4.78, 5) is 46.0. The van der Waals surface area contributed by atoms with Gasteiger partial charge in [0.25, 0.3) is 0 Å². The summed E-state index contributed by atoms with van der Waals surface area (Å²) in [5, 5.41) is 6.34. The van der Waals surface area contributed by atoms with Crippen molar-refractivity contribution in [2.24, 2.45) is 17.8 Å². The Morgan fingerprint density at radius 2 is 1.78 bits per heavy atom. The Labute approximate surface area is 243 Å². The molecule has 9 heteroatoms. The maximum atomic E-state index is 14.2. The average Bonchev–Trinajstić information content (AvgIpc) is 3.61. The van der Waals surface area contributed by atoms with Crippen molar-refractivity contribution in [1.82, 2.24) is 15.1 Å². The predicted molar refractivity (Wildman–Crippen MR) is 155 cm³/mol. The molecule has 41 heavy (non-hydrogen) atoms. The number of hydrogen-bond donors (Lipinski definition) is 2. The van der Waals surface area contributed by atoms with Crippen molar-refractivity contribution < 1.29 is 23.9 Å². The second-order valence-corrected chi connectivity index (χ2v) is 12.8. The van der Waals surface area contributed by atoms with E-state index in [4.69, 9.17) is 9.47 Å². The van der Waals surface area contributed by atoms with E-state index in [0.29, 0.717) is 43.8 Å². The molecule has 1 spiro atoms. The highest BCUT2D eigenvalue weighted by Gasteiger charge is 2.72. The number of hydrogen-bond acceptors (Lipinski definition) is 6. The Morgan fingerprint density at radius 1 is 1.05 bits per heavy atom. The predicted octanol–water partition coefficient (Wildman–Crippen LogP) is 2.93. The first-order valence-corrected chi connectivity index (χ1v) is 15.5. The molecule has 0 aromatic heterocycles. The molecule has 1 aromatic carbocycles. The first-order valence-electron chi connectivity index (χ1n) is 15.5. The van der Waals surface area contributed by atoms with E-state index in [9.17, 15) is 14.4 Å². The van der Waals surface area contributed by atoms with Gasteiger partial charge in [-0.1, -0.05) is 57.9 Å². The van der Waals surface area contributed by atoms with Crippen LogP contribution in [0.5, 0.6) is 0 Å². The lowest BCUT2D eigenvalue weighted by atomic mass is 9.74. The number of amides is 3. The number of anilines is 1. The van der Waals surface area contributed by atoms with Crippen LogP contribution in [0.25, 0.3) is 0 Å². The summed E-state index contributed by atoms with van der Waals surface area (Å²) in [7, 11) is 0. The molecule has 3 saturated heterocycles. The zero-order chi connectivity index (χ0) is 28.7. The molecule has 0 radical (unpaired) electrons. The molecule has 2 bridgehead atoms. The lowest BCUT2D eigenvalue weighted by molar-refractivity contribution is -0.142. The molecule has 4 aliphatic heterocycles. The van der Waals surface area contributed by atoms with Gasteiger partial charge in [0.15, 0.2) is 0 Å². The molecule has 222 valence electrons. The molecule has 3 amide bonds. The highest BCUT2D eigenvalue weighted by Crippen LogP contribution is 2.55. The minimum atomic E-state index is -1.14. The number of fused-ring (bicyclic) bond motifs is 1. The Bertz CT molecular complexity index is 1180. The molecule has 1 saturated carbocycles. The second-order valence-electron chi connectivity index (χ2n) is 12.8. The van der Waals surface area contributed by atoms with Gasteiger partial charge in [-0.2, -0.15) is 0 Å². The quantitative estimate of drug-likeness (QED) is 0.471. The molecule has 1 aliphatic carbocycles. The van der Waals surface area contributed by atoms with Gasteiger partial charge in [-0.05, 0) is 42.4 Å². The Balaban J connectivity index is 1.25. The molecule has 4 heterocycles. The van der Waals surface area contributed by atoms with E-state index in [1.165, 1.54) is 12.0 Å². The topological polar surface area (TPSA) is 100 Å². The molecule has 2 N–H and O–H groups in total. The van der Waals surface area contributed by atoms with Gasteiger partial charge in [0.2, 0.25) is 17.7 Å². The molecule has 1 aromatic rings. The summed E-state index contributed by atoms with van der Waals surface area (Å²) in [5.74, 6) is -1.24. The van der Waals surface area contributed by atoms with Gasteiger partial charge in [0, 0.05) is 37.9 Å². The Morgan fingerprint density at radius 3 is 2.49 bits per heavy atom. The van der Waals surface area contributed by atoms with Crippen LogP contribution in [0.2, 0.25) is 0 Å². The highest BCUT2D eigenvalue weighted by molar-refractivity contribution is 6.02. The molecule has 5 aliphatic rings. The maximum Gasteiger partial charge on any atom is 0.246 e. The average molecular weight is 565 g/mol. The fraction of sp³-hybridized carbons (Fsp3) is 0.656. The summed E-state index contributed by atoms with van der Waals surface area (Å²) in [6.45, 7) is 10.4. The zero-order valence-electron chi connectivity index (χ0n) is 24.5. The van der Waals surface area contributed by atoms with Crippen LogP contribution in [0.3, 0.4) is 0 Å². The molecular weight excluding hydrogens is 520 g/mol. The van der Waals surface area contributed by atoms with Crippen molar-refractivity contribution >= 4 is 23.4 Å². The van der Waals surface area contributed by atoms with Gasteiger partial charge < -0.3 is 25.0 Å². The lowest BCUT2D eigenvalue weighted by Gasteiger charge is -2.36. The minimum Gasteiger partial charge on any atom is -0.379 e.